The molecular weight excluding hydrogens is 356 g/mol. The van der Waals surface area contributed by atoms with Gasteiger partial charge in [0.05, 0.1) is 0 Å². The number of rotatable bonds is 6. The van der Waals surface area contributed by atoms with Crippen molar-refractivity contribution >= 4 is 11.6 Å². The predicted molar refractivity (Wildman–Crippen MR) is 117 cm³/mol. The fourth-order valence-corrected chi connectivity index (χ4v) is 5.99. The van der Waals surface area contributed by atoms with Crippen molar-refractivity contribution in [2.24, 2.45) is 0 Å². The molecular formula is C27H30O2. The summed E-state index contributed by atoms with van der Waals surface area (Å²) in [5.74, 6) is 0.604. The van der Waals surface area contributed by atoms with Crippen LogP contribution < -0.4 is 0 Å². The molecule has 0 N–H and O–H groups in total. The first kappa shape index (κ1) is 18.8. The Bertz CT molecular complexity index is 944. The Morgan fingerprint density at radius 1 is 0.655 bits per heavy atom. The number of hydrogen-bond donors (Lipinski definition) is 0. The van der Waals surface area contributed by atoms with Gasteiger partial charge in [0, 0.05) is 29.4 Å². The van der Waals surface area contributed by atoms with Crippen LogP contribution in [0.4, 0.5) is 0 Å². The first-order valence-corrected chi connectivity index (χ1v) is 11.5. The standard InChI is InChI=1S/C27H30O2/c1-3-5-11-27(12-6-4-2)23-15-19-17(7-9-25(19)28)13-21(23)22-14-18-8-10-26(29)20(18)16-24(22)27/h13-16H,3-12H2,1-2H3. The molecule has 3 aliphatic carbocycles. The molecule has 0 aliphatic heterocycles. The first-order chi connectivity index (χ1) is 14.1. The first-order valence-electron chi connectivity index (χ1n) is 11.5. The van der Waals surface area contributed by atoms with Crippen molar-refractivity contribution in [2.75, 3.05) is 0 Å². The number of hydrogen-bond acceptors (Lipinski definition) is 2. The van der Waals surface area contributed by atoms with Gasteiger partial charge in [-0.15, -0.1) is 0 Å². The second-order valence-corrected chi connectivity index (χ2v) is 9.25. The van der Waals surface area contributed by atoms with E-state index in [1.807, 2.05) is 0 Å². The van der Waals surface area contributed by atoms with Gasteiger partial charge < -0.3 is 0 Å². The highest BCUT2D eigenvalue weighted by atomic mass is 16.1. The summed E-state index contributed by atoms with van der Waals surface area (Å²) in [7, 11) is 0. The van der Waals surface area contributed by atoms with Crippen LogP contribution in [0.1, 0.15) is 108 Å². The van der Waals surface area contributed by atoms with E-state index >= 15 is 0 Å². The lowest BCUT2D eigenvalue weighted by Gasteiger charge is -2.33. The zero-order valence-electron chi connectivity index (χ0n) is 17.7. The largest absolute Gasteiger partial charge is 0.294 e. The second kappa shape index (κ2) is 6.93. The quantitative estimate of drug-likeness (QED) is 0.561. The maximum Gasteiger partial charge on any atom is 0.163 e. The minimum atomic E-state index is -0.0491. The predicted octanol–water partition coefficient (Wildman–Crippen LogP) is 6.59. The number of fused-ring (bicyclic) bond motifs is 5. The number of carbonyl (C=O) groups excluding carboxylic acids is 2. The van der Waals surface area contributed by atoms with Crippen molar-refractivity contribution in [3.63, 3.8) is 0 Å². The summed E-state index contributed by atoms with van der Waals surface area (Å²) in [6, 6.07) is 9.13. The summed E-state index contributed by atoms with van der Waals surface area (Å²) in [4.78, 5) is 25.1. The van der Waals surface area contributed by atoms with Gasteiger partial charge in [-0.3, -0.25) is 9.59 Å². The third-order valence-electron chi connectivity index (χ3n) is 7.57. The van der Waals surface area contributed by atoms with Crippen molar-refractivity contribution in [1.29, 1.82) is 0 Å². The van der Waals surface area contributed by atoms with Crippen molar-refractivity contribution in [1.82, 2.24) is 0 Å². The van der Waals surface area contributed by atoms with Gasteiger partial charge in [0.25, 0.3) is 0 Å². The number of benzene rings is 2. The Morgan fingerprint density at radius 3 is 1.52 bits per heavy atom. The van der Waals surface area contributed by atoms with Gasteiger partial charge in [0.1, 0.15) is 0 Å². The van der Waals surface area contributed by atoms with Crippen LogP contribution in [0, 0.1) is 0 Å². The second-order valence-electron chi connectivity index (χ2n) is 9.25. The molecule has 150 valence electrons. The number of ketones is 2. The Morgan fingerprint density at radius 2 is 1.10 bits per heavy atom. The zero-order chi connectivity index (χ0) is 20.2. The van der Waals surface area contributed by atoms with E-state index in [0.717, 1.165) is 49.7 Å². The van der Waals surface area contributed by atoms with Crippen LogP contribution in [0.3, 0.4) is 0 Å². The van der Waals surface area contributed by atoms with E-state index in [1.165, 1.54) is 46.2 Å². The fourth-order valence-electron chi connectivity index (χ4n) is 5.99. The van der Waals surface area contributed by atoms with Crippen LogP contribution >= 0.6 is 0 Å². The molecule has 0 saturated carbocycles. The smallest absolute Gasteiger partial charge is 0.163 e. The molecule has 29 heavy (non-hydrogen) atoms. The van der Waals surface area contributed by atoms with Crippen molar-refractivity contribution in [3.8, 4) is 11.1 Å². The van der Waals surface area contributed by atoms with E-state index in [0.29, 0.717) is 24.4 Å². The molecule has 0 spiro atoms. The van der Waals surface area contributed by atoms with Crippen LogP contribution in [-0.4, -0.2) is 11.6 Å². The number of Topliss-reactive ketones (excluding diaryl/α,β-unsaturated/α-hetero) is 2. The highest BCUT2D eigenvalue weighted by Gasteiger charge is 2.44. The molecule has 0 radical (unpaired) electrons. The van der Waals surface area contributed by atoms with E-state index in [2.05, 4.69) is 38.1 Å². The molecule has 2 nitrogen and oxygen atoms in total. The van der Waals surface area contributed by atoms with Crippen molar-refractivity contribution in [2.45, 2.75) is 83.5 Å². The lowest BCUT2D eigenvalue weighted by molar-refractivity contribution is 0.0986. The van der Waals surface area contributed by atoms with Gasteiger partial charge in [0.2, 0.25) is 0 Å². The summed E-state index contributed by atoms with van der Waals surface area (Å²) < 4.78 is 0. The Labute approximate surface area is 173 Å². The van der Waals surface area contributed by atoms with Gasteiger partial charge in [-0.25, -0.2) is 0 Å². The lowest BCUT2D eigenvalue weighted by atomic mass is 9.70. The minimum absolute atomic E-state index is 0.0491. The SMILES string of the molecule is CCCCC1(CCCC)c2cc3c(cc2-c2cc4c(cc21)C(=O)CC4)CCC3=O. The average molecular weight is 387 g/mol. The van der Waals surface area contributed by atoms with Crippen molar-refractivity contribution in [3.05, 3.63) is 57.6 Å². The van der Waals surface area contributed by atoms with Crippen LogP contribution in [0.25, 0.3) is 11.1 Å². The molecule has 2 aromatic rings. The summed E-state index contributed by atoms with van der Waals surface area (Å²) >= 11 is 0. The molecule has 0 aromatic heterocycles. The maximum atomic E-state index is 12.5. The monoisotopic (exact) mass is 386 g/mol. The van der Waals surface area contributed by atoms with Gasteiger partial charge in [-0.05, 0) is 71.2 Å². The van der Waals surface area contributed by atoms with Gasteiger partial charge in [-0.2, -0.15) is 0 Å². The summed E-state index contributed by atoms with van der Waals surface area (Å²) in [6.07, 6.45) is 9.90. The van der Waals surface area contributed by atoms with Crippen LogP contribution in [0.5, 0.6) is 0 Å². The van der Waals surface area contributed by atoms with Gasteiger partial charge >= 0.3 is 0 Å². The Balaban J connectivity index is 1.78. The van der Waals surface area contributed by atoms with E-state index in [4.69, 9.17) is 0 Å². The molecule has 2 aromatic carbocycles. The third-order valence-corrected chi connectivity index (χ3v) is 7.57. The molecule has 0 atom stereocenters. The van der Waals surface area contributed by atoms with E-state index in [9.17, 15) is 9.59 Å². The van der Waals surface area contributed by atoms with Crippen LogP contribution in [0.2, 0.25) is 0 Å². The number of aryl methyl sites for hydroxylation is 2. The topological polar surface area (TPSA) is 34.1 Å². The minimum Gasteiger partial charge on any atom is -0.294 e. The van der Waals surface area contributed by atoms with Gasteiger partial charge in [-0.1, -0.05) is 51.7 Å². The van der Waals surface area contributed by atoms with E-state index < -0.39 is 0 Å². The third kappa shape index (κ3) is 2.68. The molecule has 0 heterocycles. The molecule has 0 unspecified atom stereocenters. The van der Waals surface area contributed by atoms with Crippen LogP contribution in [-0.2, 0) is 18.3 Å². The molecule has 0 fully saturated rings. The lowest BCUT2D eigenvalue weighted by Crippen LogP contribution is -2.26. The summed E-state index contributed by atoms with van der Waals surface area (Å²) in [5, 5.41) is 0. The number of carbonyl (C=O) groups is 2. The zero-order valence-corrected chi connectivity index (χ0v) is 17.7. The maximum absolute atomic E-state index is 12.5. The molecule has 0 amide bonds. The Kier molecular flexibility index (Phi) is 4.49. The molecule has 5 rings (SSSR count). The molecule has 3 aliphatic rings. The Hall–Kier alpha value is -2.22. The molecule has 2 heteroatoms. The highest BCUT2D eigenvalue weighted by molar-refractivity contribution is 6.04. The number of unbranched alkanes of at least 4 members (excludes halogenated alkanes) is 2. The normalized spacial score (nSPS) is 18.0. The van der Waals surface area contributed by atoms with Crippen LogP contribution in [0.15, 0.2) is 24.3 Å². The fraction of sp³-hybridized carbons (Fsp3) is 0.481. The summed E-state index contributed by atoms with van der Waals surface area (Å²) in [6.45, 7) is 4.51. The summed E-state index contributed by atoms with van der Waals surface area (Å²) in [5.41, 5.74) is 9.70. The molecule has 0 bridgehead atoms. The van der Waals surface area contributed by atoms with Gasteiger partial charge in [0.15, 0.2) is 11.6 Å². The van der Waals surface area contributed by atoms with Crippen molar-refractivity contribution < 1.29 is 9.59 Å². The average Bonchev–Trinajstić information content (AvgIpc) is 3.36. The molecule has 0 saturated heterocycles. The highest BCUT2D eigenvalue weighted by Crippen LogP contribution is 2.56. The van der Waals surface area contributed by atoms with E-state index in [-0.39, 0.29) is 5.41 Å². The van der Waals surface area contributed by atoms with E-state index in [1.54, 1.807) is 0 Å².